The third-order valence-corrected chi connectivity index (χ3v) is 3.29. The summed E-state index contributed by atoms with van der Waals surface area (Å²) >= 11 is 0. The molecule has 0 bridgehead atoms. The topological polar surface area (TPSA) is 61.7 Å². The van der Waals surface area contributed by atoms with Crippen LogP contribution in [0.25, 0.3) is 0 Å². The van der Waals surface area contributed by atoms with E-state index in [-0.39, 0.29) is 0 Å². The van der Waals surface area contributed by atoms with Gasteiger partial charge in [-0.15, -0.1) is 0 Å². The second kappa shape index (κ2) is 5.35. The Labute approximate surface area is 108 Å². The number of aromatic nitrogens is 4. The van der Waals surface area contributed by atoms with E-state index in [0.717, 1.165) is 6.54 Å². The molecule has 2 N–H and O–H groups in total. The Morgan fingerprint density at radius 1 is 1.33 bits per heavy atom. The molecule has 98 valence electrons. The second-order valence-electron chi connectivity index (χ2n) is 5.05. The summed E-state index contributed by atoms with van der Waals surface area (Å²) < 4.78 is 3.98. The van der Waals surface area contributed by atoms with Crippen LogP contribution in [0.2, 0.25) is 0 Å². The second-order valence-corrected chi connectivity index (χ2v) is 5.05. The number of nitrogens with two attached hydrogens (primary N) is 1. The summed E-state index contributed by atoms with van der Waals surface area (Å²) in [5.74, 6) is 0.864. The summed E-state index contributed by atoms with van der Waals surface area (Å²) in [7, 11) is 1.93. The van der Waals surface area contributed by atoms with Crippen molar-refractivity contribution in [3.8, 4) is 0 Å². The number of nitrogens with zero attached hydrogens (tertiary/aromatic N) is 4. The van der Waals surface area contributed by atoms with Gasteiger partial charge in [-0.1, -0.05) is 13.8 Å². The third-order valence-electron chi connectivity index (χ3n) is 3.29. The number of imidazole rings is 1. The van der Waals surface area contributed by atoms with Gasteiger partial charge < -0.3 is 10.3 Å². The number of aryl methyl sites for hydroxylation is 1. The molecular formula is C13H21N5. The average Bonchev–Trinajstić information content (AvgIpc) is 2.90. The van der Waals surface area contributed by atoms with Crippen molar-refractivity contribution in [2.24, 2.45) is 18.7 Å². The lowest BCUT2D eigenvalue weighted by Gasteiger charge is -2.20. The zero-order valence-corrected chi connectivity index (χ0v) is 11.2. The molecule has 0 aliphatic carbocycles. The van der Waals surface area contributed by atoms with Gasteiger partial charge in [-0.25, -0.2) is 4.98 Å². The largest absolute Gasteiger partial charge is 0.330 e. The van der Waals surface area contributed by atoms with Gasteiger partial charge in [0.05, 0.1) is 19.1 Å². The van der Waals surface area contributed by atoms with E-state index in [1.807, 2.05) is 36.6 Å². The molecule has 0 saturated carbocycles. The average molecular weight is 247 g/mol. The lowest BCUT2D eigenvalue weighted by atomic mass is 9.93. The molecular weight excluding hydrogens is 226 g/mol. The van der Waals surface area contributed by atoms with E-state index < -0.39 is 0 Å². The highest BCUT2D eigenvalue weighted by atomic mass is 15.2. The molecule has 0 saturated heterocycles. The standard InChI is InChI=1S/C13H21N5/c1-10(2)12(4-14)13-6-15-9-18(13)8-11-5-16-17(3)7-11/h5-7,9-10,12H,4,8,14H2,1-3H3. The molecule has 0 aliphatic rings. The Morgan fingerprint density at radius 3 is 2.67 bits per heavy atom. The molecule has 0 radical (unpaired) electrons. The van der Waals surface area contributed by atoms with Crippen LogP contribution in [0.4, 0.5) is 0 Å². The molecule has 0 aromatic carbocycles. The fourth-order valence-corrected chi connectivity index (χ4v) is 2.26. The smallest absolute Gasteiger partial charge is 0.0951 e. The molecule has 0 fully saturated rings. The van der Waals surface area contributed by atoms with Gasteiger partial charge in [-0.05, 0) is 5.92 Å². The Bertz CT molecular complexity index is 497. The van der Waals surface area contributed by atoms with Gasteiger partial charge in [-0.2, -0.15) is 5.10 Å². The Hall–Kier alpha value is -1.62. The van der Waals surface area contributed by atoms with E-state index >= 15 is 0 Å². The van der Waals surface area contributed by atoms with Gasteiger partial charge in [0, 0.05) is 43.2 Å². The lowest BCUT2D eigenvalue weighted by molar-refractivity contribution is 0.478. The summed E-state index contributed by atoms with van der Waals surface area (Å²) in [6, 6.07) is 0. The minimum absolute atomic E-state index is 0.351. The van der Waals surface area contributed by atoms with E-state index in [1.165, 1.54) is 11.3 Å². The SMILES string of the molecule is CC(C)C(CN)c1cncn1Cc1cnn(C)c1. The number of rotatable bonds is 5. The van der Waals surface area contributed by atoms with E-state index in [4.69, 9.17) is 5.73 Å². The maximum absolute atomic E-state index is 5.87. The zero-order chi connectivity index (χ0) is 13.1. The molecule has 0 spiro atoms. The lowest BCUT2D eigenvalue weighted by Crippen LogP contribution is -2.21. The number of hydrogen-bond donors (Lipinski definition) is 1. The summed E-state index contributed by atoms with van der Waals surface area (Å²) in [4.78, 5) is 4.26. The summed E-state index contributed by atoms with van der Waals surface area (Å²) in [5, 5.41) is 4.19. The molecule has 0 aliphatic heterocycles. The highest BCUT2D eigenvalue weighted by Gasteiger charge is 2.18. The van der Waals surface area contributed by atoms with E-state index in [2.05, 4.69) is 28.5 Å². The van der Waals surface area contributed by atoms with Crippen molar-refractivity contribution in [1.29, 1.82) is 0 Å². The van der Waals surface area contributed by atoms with Gasteiger partial charge in [-0.3, -0.25) is 4.68 Å². The third kappa shape index (κ3) is 2.61. The van der Waals surface area contributed by atoms with Crippen LogP contribution in [-0.2, 0) is 13.6 Å². The fourth-order valence-electron chi connectivity index (χ4n) is 2.26. The summed E-state index contributed by atoms with van der Waals surface area (Å²) in [6.45, 7) is 5.83. The first-order valence-corrected chi connectivity index (χ1v) is 6.29. The maximum atomic E-state index is 5.87. The van der Waals surface area contributed by atoms with Gasteiger partial charge in [0.1, 0.15) is 0 Å². The molecule has 2 heterocycles. The van der Waals surface area contributed by atoms with E-state index in [1.54, 1.807) is 0 Å². The predicted octanol–water partition coefficient (Wildman–Crippen LogP) is 1.36. The van der Waals surface area contributed by atoms with Gasteiger partial charge in [0.2, 0.25) is 0 Å². The van der Waals surface area contributed by atoms with Crippen LogP contribution in [0.3, 0.4) is 0 Å². The van der Waals surface area contributed by atoms with Gasteiger partial charge in [0.15, 0.2) is 0 Å². The maximum Gasteiger partial charge on any atom is 0.0951 e. The minimum atomic E-state index is 0.351. The van der Waals surface area contributed by atoms with Crippen molar-refractivity contribution < 1.29 is 0 Å². The molecule has 1 atom stereocenters. The van der Waals surface area contributed by atoms with E-state index in [9.17, 15) is 0 Å². The molecule has 2 aromatic heterocycles. The van der Waals surface area contributed by atoms with Crippen LogP contribution in [0.1, 0.15) is 31.0 Å². The first kappa shape index (κ1) is 12.8. The predicted molar refractivity (Wildman–Crippen MR) is 71.2 cm³/mol. The van der Waals surface area contributed by atoms with Crippen molar-refractivity contribution in [1.82, 2.24) is 19.3 Å². The van der Waals surface area contributed by atoms with Crippen LogP contribution in [0.5, 0.6) is 0 Å². The summed E-state index contributed by atoms with van der Waals surface area (Å²) in [6.07, 6.45) is 7.70. The van der Waals surface area contributed by atoms with Crippen LogP contribution < -0.4 is 5.73 Å². The molecule has 1 unspecified atom stereocenters. The van der Waals surface area contributed by atoms with Crippen molar-refractivity contribution in [2.75, 3.05) is 6.54 Å². The van der Waals surface area contributed by atoms with Gasteiger partial charge >= 0.3 is 0 Å². The van der Waals surface area contributed by atoms with Crippen LogP contribution in [0, 0.1) is 5.92 Å². The fraction of sp³-hybridized carbons (Fsp3) is 0.538. The highest BCUT2D eigenvalue weighted by Crippen LogP contribution is 2.23. The molecule has 2 rings (SSSR count). The normalized spacial score (nSPS) is 13.2. The monoisotopic (exact) mass is 247 g/mol. The van der Waals surface area contributed by atoms with Crippen molar-refractivity contribution >= 4 is 0 Å². The Balaban J connectivity index is 2.22. The first-order chi connectivity index (χ1) is 8.61. The van der Waals surface area contributed by atoms with Crippen molar-refractivity contribution in [2.45, 2.75) is 26.3 Å². The molecule has 0 amide bonds. The molecule has 5 heteroatoms. The summed E-state index contributed by atoms with van der Waals surface area (Å²) in [5.41, 5.74) is 8.26. The van der Waals surface area contributed by atoms with Crippen LogP contribution in [0.15, 0.2) is 24.9 Å². The van der Waals surface area contributed by atoms with Gasteiger partial charge in [0.25, 0.3) is 0 Å². The van der Waals surface area contributed by atoms with Crippen LogP contribution in [-0.4, -0.2) is 25.9 Å². The van der Waals surface area contributed by atoms with Crippen molar-refractivity contribution in [3.05, 3.63) is 36.2 Å². The molecule has 18 heavy (non-hydrogen) atoms. The number of hydrogen-bond acceptors (Lipinski definition) is 3. The van der Waals surface area contributed by atoms with Crippen LogP contribution >= 0.6 is 0 Å². The first-order valence-electron chi connectivity index (χ1n) is 6.29. The minimum Gasteiger partial charge on any atom is -0.330 e. The quantitative estimate of drug-likeness (QED) is 0.868. The Morgan fingerprint density at radius 2 is 2.11 bits per heavy atom. The van der Waals surface area contributed by atoms with E-state index in [0.29, 0.717) is 18.4 Å². The molecule has 2 aromatic rings. The Kier molecular flexibility index (Phi) is 3.81. The van der Waals surface area contributed by atoms with Crippen molar-refractivity contribution in [3.63, 3.8) is 0 Å². The zero-order valence-electron chi connectivity index (χ0n) is 11.2. The molecule has 5 nitrogen and oxygen atoms in total. The highest BCUT2D eigenvalue weighted by molar-refractivity contribution is 5.12.